The summed E-state index contributed by atoms with van der Waals surface area (Å²) in [6.07, 6.45) is 0. The summed E-state index contributed by atoms with van der Waals surface area (Å²) in [5, 5.41) is 2.08. The summed E-state index contributed by atoms with van der Waals surface area (Å²) in [6, 6.07) is 4.17. The van der Waals surface area contributed by atoms with Crippen molar-refractivity contribution in [1.29, 1.82) is 0 Å². The van der Waals surface area contributed by atoms with Crippen LogP contribution in [0.5, 0.6) is 0 Å². The number of amides is 1. The lowest BCUT2D eigenvalue weighted by Gasteiger charge is -2.29. The van der Waals surface area contributed by atoms with Crippen molar-refractivity contribution in [1.82, 2.24) is 9.80 Å². The third kappa shape index (κ3) is 3.80. The Morgan fingerprint density at radius 3 is 2.89 bits per heavy atom. The number of rotatable bonds is 5. The number of carbonyl (C=O) groups excluding carboxylic acids is 1. The normalized spacial score (nSPS) is 16.2. The molecule has 2 heterocycles. The molecule has 2 rings (SSSR count). The Morgan fingerprint density at radius 2 is 2.28 bits per heavy atom. The summed E-state index contributed by atoms with van der Waals surface area (Å²) in [4.78, 5) is 17.5. The van der Waals surface area contributed by atoms with Crippen molar-refractivity contribution >= 4 is 17.2 Å². The van der Waals surface area contributed by atoms with Crippen LogP contribution in [0.2, 0.25) is 0 Å². The van der Waals surface area contributed by atoms with Crippen LogP contribution in [0.15, 0.2) is 17.5 Å². The summed E-state index contributed by atoms with van der Waals surface area (Å²) in [5.74, 6) is 0.219. The first-order chi connectivity index (χ1) is 8.79. The molecule has 0 spiro atoms. The Labute approximate surface area is 112 Å². The summed E-state index contributed by atoms with van der Waals surface area (Å²) < 4.78 is 5.26. The number of thiophene rings is 1. The van der Waals surface area contributed by atoms with Gasteiger partial charge in [-0.2, -0.15) is 0 Å². The Balaban J connectivity index is 1.83. The van der Waals surface area contributed by atoms with E-state index in [0.29, 0.717) is 19.8 Å². The first-order valence-corrected chi connectivity index (χ1v) is 7.28. The SMILES string of the molecule is CCN(CC(=O)N1CCOCC1)Cc1cccs1. The molecule has 0 N–H and O–H groups in total. The van der Waals surface area contributed by atoms with Gasteiger partial charge in [0, 0.05) is 24.5 Å². The lowest BCUT2D eigenvalue weighted by atomic mass is 10.3. The van der Waals surface area contributed by atoms with E-state index in [1.165, 1.54) is 4.88 Å². The van der Waals surface area contributed by atoms with E-state index in [0.717, 1.165) is 26.2 Å². The van der Waals surface area contributed by atoms with Gasteiger partial charge in [0.25, 0.3) is 0 Å². The van der Waals surface area contributed by atoms with Crippen molar-refractivity contribution in [2.45, 2.75) is 13.5 Å². The van der Waals surface area contributed by atoms with Gasteiger partial charge in [-0.15, -0.1) is 11.3 Å². The fourth-order valence-electron chi connectivity index (χ4n) is 2.01. The van der Waals surface area contributed by atoms with E-state index in [9.17, 15) is 4.79 Å². The van der Waals surface area contributed by atoms with Crippen LogP contribution in [0.4, 0.5) is 0 Å². The molecule has 1 amide bonds. The molecule has 1 aromatic rings. The van der Waals surface area contributed by atoms with Crippen LogP contribution in [0.3, 0.4) is 0 Å². The van der Waals surface area contributed by atoms with Gasteiger partial charge >= 0.3 is 0 Å². The van der Waals surface area contributed by atoms with Gasteiger partial charge < -0.3 is 9.64 Å². The maximum absolute atomic E-state index is 12.1. The predicted molar refractivity (Wildman–Crippen MR) is 72.7 cm³/mol. The Bertz CT molecular complexity index is 361. The monoisotopic (exact) mass is 268 g/mol. The number of morpholine rings is 1. The van der Waals surface area contributed by atoms with E-state index in [2.05, 4.69) is 29.3 Å². The molecule has 0 radical (unpaired) electrons. The van der Waals surface area contributed by atoms with Gasteiger partial charge in [-0.3, -0.25) is 9.69 Å². The van der Waals surface area contributed by atoms with Crippen LogP contribution in [-0.2, 0) is 16.1 Å². The Hall–Kier alpha value is -0.910. The average Bonchev–Trinajstić information content (AvgIpc) is 2.91. The molecule has 0 bridgehead atoms. The quantitative estimate of drug-likeness (QED) is 0.810. The molecular formula is C13H20N2O2S. The summed E-state index contributed by atoms with van der Waals surface area (Å²) in [7, 11) is 0. The molecule has 0 aromatic carbocycles. The first kappa shape index (κ1) is 13.5. The zero-order valence-corrected chi connectivity index (χ0v) is 11.6. The number of likely N-dealkylation sites (N-methyl/N-ethyl adjacent to an activating group) is 1. The highest BCUT2D eigenvalue weighted by Crippen LogP contribution is 2.12. The van der Waals surface area contributed by atoms with E-state index in [-0.39, 0.29) is 5.91 Å². The second-order valence-corrected chi connectivity index (χ2v) is 5.41. The van der Waals surface area contributed by atoms with Crippen LogP contribution in [0, 0.1) is 0 Å². The van der Waals surface area contributed by atoms with Crippen molar-refractivity contribution in [3.63, 3.8) is 0 Å². The molecule has 0 atom stereocenters. The lowest BCUT2D eigenvalue weighted by molar-refractivity contribution is -0.136. The van der Waals surface area contributed by atoms with Gasteiger partial charge in [-0.05, 0) is 18.0 Å². The van der Waals surface area contributed by atoms with Crippen LogP contribution < -0.4 is 0 Å². The van der Waals surface area contributed by atoms with Gasteiger partial charge in [0.05, 0.1) is 19.8 Å². The van der Waals surface area contributed by atoms with E-state index in [1.54, 1.807) is 11.3 Å². The molecule has 1 aliphatic rings. The van der Waals surface area contributed by atoms with E-state index in [1.807, 2.05) is 4.90 Å². The molecular weight excluding hydrogens is 248 g/mol. The largest absolute Gasteiger partial charge is 0.378 e. The number of hydrogen-bond acceptors (Lipinski definition) is 4. The van der Waals surface area contributed by atoms with Crippen LogP contribution >= 0.6 is 11.3 Å². The van der Waals surface area contributed by atoms with Crippen molar-refractivity contribution in [3.8, 4) is 0 Å². The zero-order valence-electron chi connectivity index (χ0n) is 10.8. The highest BCUT2D eigenvalue weighted by Gasteiger charge is 2.19. The summed E-state index contributed by atoms with van der Waals surface area (Å²) in [5.41, 5.74) is 0. The number of nitrogens with zero attached hydrogens (tertiary/aromatic N) is 2. The van der Waals surface area contributed by atoms with Crippen LogP contribution in [0.1, 0.15) is 11.8 Å². The fourth-order valence-corrected chi connectivity index (χ4v) is 2.75. The second-order valence-electron chi connectivity index (χ2n) is 4.38. The molecule has 0 unspecified atom stereocenters. The van der Waals surface area contributed by atoms with Crippen LogP contribution in [-0.4, -0.2) is 55.1 Å². The number of ether oxygens (including phenoxy) is 1. The topological polar surface area (TPSA) is 32.8 Å². The average molecular weight is 268 g/mol. The van der Waals surface area contributed by atoms with Gasteiger partial charge in [-0.1, -0.05) is 13.0 Å². The fraction of sp³-hybridized carbons (Fsp3) is 0.615. The molecule has 1 fully saturated rings. The molecule has 5 heteroatoms. The van der Waals surface area contributed by atoms with Gasteiger partial charge in [0.1, 0.15) is 0 Å². The Morgan fingerprint density at radius 1 is 1.50 bits per heavy atom. The first-order valence-electron chi connectivity index (χ1n) is 6.40. The van der Waals surface area contributed by atoms with Crippen molar-refractivity contribution in [3.05, 3.63) is 22.4 Å². The molecule has 100 valence electrons. The lowest BCUT2D eigenvalue weighted by Crippen LogP contribution is -2.45. The van der Waals surface area contributed by atoms with Crippen LogP contribution in [0.25, 0.3) is 0 Å². The molecule has 1 saturated heterocycles. The Kier molecular flexibility index (Phi) is 5.16. The van der Waals surface area contributed by atoms with E-state index < -0.39 is 0 Å². The minimum Gasteiger partial charge on any atom is -0.378 e. The van der Waals surface area contributed by atoms with Gasteiger partial charge in [-0.25, -0.2) is 0 Å². The zero-order chi connectivity index (χ0) is 12.8. The standard InChI is InChI=1S/C13H20N2O2S/c1-2-14(10-12-4-3-9-18-12)11-13(16)15-5-7-17-8-6-15/h3-4,9H,2,5-8,10-11H2,1H3. The molecule has 4 nitrogen and oxygen atoms in total. The van der Waals surface area contributed by atoms with Crippen molar-refractivity contribution < 1.29 is 9.53 Å². The second kappa shape index (κ2) is 6.87. The van der Waals surface area contributed by atoms with Gasteiger partial charge in [0.15, 0.2) is 0 Å². The maximum atomic E-state index is 12.1. The highest BCUT2D eigenvalue weighted by molar-refractivity contribution is 7.09. The molecule has 18 heavy (non-hydrogen) atoms. The molecule has 0 aliphatic carbocycles. The highest BCUT2D eigenvalue weighted by atomic mass is 32.1. The van der Waals surface area contributed by atoms with E-state index >= 15 is 0 Å². The summed E-state index contributed by atoms with van der Waals surface area (Å²) >= 11 is 1.74. The third-order valence-electron chi connectivity index (χ3n) is 3.13. The third-order valence-corrected chi connectivity index (χ3v) is 3.99. The molecule has 0 saturated carbocycles. The smallest absolute Gasteiger partial charge is 0.236 e. The summed E-state index contributed by atoms with van der Waals surface area (Å²) in [6.45, 7) is 7.17. The van der Waals surface area contributed by atoms with E-state index in [4.69, 9.17) is 4.74 Å². The van der Waals surface area contributed by atoms with Gasteiger partial charge in [0.2, 0.25) is 5.91 Å². The minimum absolute atomic E-state index is 0.219. The predicted octanol–water partition coefficient (Wildman–Crippen LogP) is 1.43. The number of hydrogen-bond donors (Lipinski definition) is 0. The van der Waals surface area contributed by atoms with Crippen molar-refractivity contribution in [2.75, 3.05) is 39.4 Å². The van der Waals surface area contributed by atoms with Crippen molar-refractivity contribution in [2.24, 2.45) is 0 Å². The maximum Gasteiger partial charge on any atom is 0.236 e. The molecule has 1 aliphatic heterocycles. The number of carbonyl (C=O) groups is 1. The minimum atomic E-state index is 0.219. The molecule has 1 aromatic heterocycles.